The highest BCUT2D eigenvalue weighted by atomic mass is 35.5. The topological polar surface area (TPSA) is 30.0 Å². The molecule has 5 heteroatoms. The molecule has 0 aliphatic heterocycles. The van der Waals surface area contributed by atoms with Gasteiger partial charge in [0.05, 0.1) is 11.0 Å². The van der Waals surface area contributed by atoms with Gasteiger partial charge in [-0.2, -0.15) is 0 Å². The molecule has 242 valence electrons. The predicted molar refractivity (Wildman–Crippen MR) is 198 cm³/mol. The third-order valence-electron chi connectivity index (χ3n) is 12.0. The van der Waals surface area contributed by atoms with E-state index in [2.05, 4.69) is 30.3 Å². The Kier molecular flexibility index (Phi) is 11.1. The Morgan fingerprint density at radius 2 is 1.02 bits per heavy atom. The zero-order valence-electron chi connectivity index (χ0n) is 27.5. The maximum atomic E-state index is 12.6. The minimum absolute atomic E-state index is 0.0416. The number of carbonyl (C=O) groups excluding carboxylic acids is 1. The van der Waals surface area contributed by atoms with Gasteiger partial charge in [-0.25, -0.2) is 4.98 Å². The van der Waals surface area contributed by atoms with Crippen molar-refractivity contribution in [2.75, 3.05) is 0 Å². The number of benzene rings is 2. The van der Waals surface area contributed by atoms with E-state index in [1.165, 1.54) is 157 Å². The number of halogens is 1. The van der Waals surface area contributed by atoms with Gasteiger partial charge in [0.15, 0.2) is 0 Å². The molecule has 0 radical (unpaired) electrons. The number of carbonyl (C=O) groups is 1. The van der Waals surface area contributed by atoms with Crippen LogP contribution in [-0.2, 0) is 12.3 Å². The van der Waals surface area contributed by atoms with Crippen LogP contribution in [0.15, 0.2) is 36.4 Å². The highest BCUT2D eigenvalue weighted by molar-refractivity contribution is 7.58. The molecule has 7 rings (SSSR count). The predicted octanol–water partition coefficient (Wildman–Crippen LogP) is 13.1. The third kappa shape index (κ3) is 7.65. The fourth-order valence-corrected chi connectivity index (χ4v) is 17.4. The number of fused-ring (bicyclic) bond motifs is 2. The van der Waals surface area contributed by atoms with Gasteiger partial charge in [0.1, 0.15) is 0 Å². The average Bonchev–Trinajstić information content (AvgIpc) is 3.10. The zero-order chi connectivity index (χ0) is 30.6. The van der Waals surface area contributed by atoms with Crippen molar-refractivity contribution < 1.29 is 4.79 Å². The molecule has 4 aliphatic carbocycles. The summed E-state index contributed by atoms with van der Waals surface area (Å²) in [6.45, 7) is 0. The van der Waals surface area contributed by atoms with Crippen LogP contribution in [0.3, 0.4) is 0 Å². The molecule has 0 bridgehead atoms. The van der Waals surface area contributed by atoms with Crippen LogP contribution in [0.1, 0.15) is 150 Å². The lowest BCUT2D eigenvalue weighted by Gasteiger charge is -2.39. The molecule has 4 saturated carbocycles. The van der Waals surface area contributed by atoms with E-state index >= 15 is 0 Å². The van der Waals surface area contributed by atoms with E-state index in [0.717, 1.165) is 39.7 Å². The molecule has 0 amide bonds. The summed E-state index contributed by atoms with van der Waals surface area (Å²) in [5.41, 5.74) is 9.44. The molecule has 0 spiro atoms. The van der Waals surface area contributed by atoms with Crippen molar-refractivity contribution in [1.29, 1.82) is 0 Å². The summed E-state index contributed by atoms with van der Waals surface area (Å²) in [6.07, 6.45) is 30.8. The zero-order valence-corrected chi connectivity index (χ0v) is 30.0. The number of aromatic nitrogens is 1. The van der Waals surface area contributed by atoms with Gasteiger partial charge in [-0.05, 0) is 127 Å². The van der Waals surface area contributed by atoms with E-state index in [9.17, 15) is 4.79 Å². The first kappa shape index (κ1) is 32.5. The maximum Gasteiger partial charge on any atom is 0.252 e. The Bertz CT molecular complexity index is 1410. The highest BCUT2D eigenvalue weighted by Gasteiger charge is 2.33. The van der Waals surface area contributed by atoms with Crippen LogP contribution >= 0.6 is 27.4 Å². The minimum atomic E-state index is -0.336. The lowest BCUT2D eigenvalue weighted by Crippen LogP contribution is -2.21. The normalized spacial score (nSPS) is 21.8. The molecule has 3 aromatic rings. The van der Waals surface area contributed by atoms with E-state index < -0.39 is 0 Å². The summed E-state index contributed by atoms with van der Waals surface area (Å²) in [4.78, 5) is 18.3. The average molecular weight is 662 g/mol. The van der Waals surface area contributed by atoms with Gasteiger partial charge >= 0.3 is 0 Å². The molecular weight excluding hydrogens is 608 g/mol. The summed E-state index contributed by atoms with van der Waals surface area (Å²) in [7, 11) is -0.193. The Balaban J connectivity index is 1.29. The lowest BCUT2D eigenvalue weighted by atomic mass is 9.99. The number of hydrogen-bond donors (Lipinski definition) is 0. The fourth-order valence-electron chi connectivity index (χ4n) is 9.63. The first-order valence-corrected chi connectivity index (χ1v) is 22.4. The fraction of sp³-hybridized carbons (Fsp3) is 0.650. The summed E-state index contributed by atoms with van der Waals surface area (Å²) < 4.78 is 0. The van der Waals surface area contributed by atoms with Crippen LogP contribution in [-0.4, -0.2) is 32.9 Å². The monoisotopic (exact) mass is 661 g/mol. The highest BCUT2D eigenvalue weighted by Crippen LogP contribution is 2.59. The van der Waals surface area contributed by atoms with Crippen molar-refractivity contribution in [1.82, 2.24) is 4.98 Å². The van der Waals surface area contributed by atoms with E-state index in [1.54, 1.807) is 0 Å². The largest absolute Gasteiger partial charge is 0.276 e. The number of hydrogen-bond acceptors (Lipinski definition) is 2. The van der Waals surface area contributed by atoms with Crippen molar-refractivity contribution in [3.63, 3.8) is 0 Å². The molecule has 4 fully saturated rings. The van der Waals surface area contributed by atoms with Crippen LogP contribution in [0, 0.1) is 0 Å². The van der Waals surface area contributed by atoms with Gasteiger partial charge in [0.2, 0.25) is 0 Å². The van der Waals surface area contributed by atoms with Crippen LogP contribution in [0.4, 0.5) is 0 Å². The second kappa shape index (κ2) is 15.4. The second-order valence-electron chi connectivity index (χ2n) is 15.0. The van der Waals surface area contributed by atoms with E-state index in [4.69, 9.17) is 16.6 Å². The molecule has 0 unspecified atom stereocenters. The van der Waals surface area contributed by atoms with Crippen LogP contribution in [0.5, 0.6) is 0 Å². The van der Waals surface area contributed by atoms with Gasteiger partial charge in [-0.3, -0.25) is 4.79 Å². The van der Waals surface area contributed by atoms with Gasteiger partial charge in [0, 0.05) is 16.3 Å². The number of rotatable bonds is 9. The first-order valence-electron chi connectivity index (χ1n) is 18.7. The molecule has 2 aromatic carbocycles. The van der Waals surface area contributed by atoms with E-state index in [0.29, 0.717) is 5.56 Å². The smallest absolute Gasteiger partial charge is 0.252 e. The quantitative estimate of drug-likeness (QED) is 0.130. The summed E-state index contributed by atoms with van der Waals surface area (Å²) in [5, 5.41) is 2.00. The lowest BCUT2D eigenvalue weighted by molar-refractivity contribution is 0.108. The summed E-state index contributed by atoms with van der Waals surface area (Å²) in [5.74, 6) is 0. The SMILES string of the molecule is O=C(Cl)c1cc(CP(C2CCCCC2)C2CCCCC2)c2nc3c(CP(C4CCCCC4)C4CCCCC4)cccc3cc2c1. The third-order valence-corrected chi connectivity index (χ3v) is 19.5. The molecule has 0 saturated heterocycles. The molecule has 1 heterocycles. The maximum absolute atomic E-state index is 12.6. The van der Waals surface area contributed by atoms with E-state index in [1.807, 2.05) is 6.07 Å². The molecule has 4 aliphatic rings. The number of para-hydroxylation sites is 1. The summed E-state index contributed by atoms with van der Waals surface area (Å²) in [6, 6.07) is 13.4. The van der Waals surface area contributed by atoms with Crippen LogP contribution in [0.2, 0.25) is 0 Å². The van der Waals surface area contributed by atoms with Crippen molar-refractivity contribution in [2.45, 2.75) is 163 Å². The Hall–Kier alpha value is -1.07. The van der Waals surface area contributed by atoms with Gasteiger partial charge in [0.25, 0.3) is 5.24 Å². The Morgan fingerprint density at radius 1 is 0.578 bits per heavy atom. The van der Waals surface area contributed by atoms with Crippen molar-refractivity contribution in [2.24, 2.45) is 0 Å². The molecule has 0 N–H and O–H groups in total. The molecular formula is C40H54ClNOP2. The number of pyridine rings is 1. The number of nitrogens with zero attached hydrogens (tertiary/aromatic N) is 1. The Labute approximate surface area is 279 Å². The summed E-state index contributed by atoms with van der Waals surface area (Å²) >= 11 is 6.21. The van der Waals surface area contributed by atoms with E-state index in [-0.39, 0.29) is 21.1 Å². The second-order valence-corrected chi connectivity index (χ2v) is 20.9. The van der Waals surface area contributed by atoms with Crippen molar-refractivity contribution >= 4 is 54.5 Å². The van der Waals surface area contributed by atoms with Crippen LogP contribution < -0.4 is 0 Å². The molecule has 45 heavy (non-hydrogen) atoms. The minimum Gasteiger partial charge on any atom is -0.276 e. The van der Waals surface area contributed by atoms with Gasteiger partial charge in [-0.1, -0.05) is 111 Å². The molecule has 2 nitrogen and oxygen atoms in total. The molecule has 0 atom stereocenters. The molecule has 1 aromatic heterocycles. The Morgan fingerprint density at radius 3 is 1.49 bits per heavy atom. The van der Waals surface area contributed by atoms with Crippen LogP contribution in [0.25, 0.3) is 21.8 Å². The van der Waals surface area contributed by atoms with Crippen molar-refractivity contribution in [3.8, 4) is 0 Å². The van der Waals surface area contributed by atoms with Crippen molar-refractivity contribution in [3.05, 3.63) is 53.1 Å². The standard InChI is InChI=1S/C40H54ClNOP2/c41-40(43)32-25-31-24-29-14-13-15-30(27-44(34-16-5-1-6-17-34)35-18-7-2-8-19-35)38(29)42-39(31)33(26-32)28-45(36-20-9-3-10-21-36)37-22-11-4-12-23-37/h13-15,24-26,34-37H,1-12,16-23,27-28H2. The first-order chi connectivity index (χ1) is 22.1. The van der Waals surface area contributed by atoms with Gasteiger partial charge in [-0.15, -0.1) is 0 Å². The van der Waals surface area contributed by atoms with Gasteiger partial charge < -0.3 is 0 Å².